The predicted molar refractivity (Wildman–Crippen MR) is 97.1 cm³/mol. The van der Waals surface area contributed by atoms with Crippen molar-refractivity contribution in [3.63, 3.8) is 0 Å². The van der Waals surface area contributed by atoms with Crippen LogP contribution in [0.2, 0.25) is 0 Å². The molecule has 0 aromatic carbocycles. The van der Waals surface area contributed by atoms with E-state index in [0.717, 1.165) is 25.7 Å². The number of hydrogen-bond donors (Lipinski definition) is 0. The van der Waals surface area contributed by atoms with E-state index >= 15 is 0 Å². The molecule has 0 unspecified atom stereocenters. The van der Waals surface area contributed by atoms with Crippen LogP contribution in [-0.4, -0.2) is 12.6 Å². The number of carbonyl (C=O) groups is 1. The van der Waals surface area contributed by atoms with Gasteiger partial charge >= 0.3 is 5.97 Å². The Kier molecular flexibility index (Phi) is 18.1. The summed E-state index contributed by atoms with van der Waals surface area (Å²) < 4.78 is 0. The van der Waals surface area contributed by atoms with Crippen LogP contribution in [0.1, 0.15) is 90.9 Å². The summed E-state index contributed by atoms with van der Waals surface area (Å²) in [6.07, 6.45) is 22.6. The number of allylic oxidation sites excluding steroid dienone is 4. The van der Waals surface area contributed by atoms with E-state index in [4.69, 9.17) is 0 Å². The molecule has 3 heteroatoms. The molecule has 0 aliphatic heterocycles. The maximum atomic E-state index is 11.2. The van der Waals surface area contributed by atoms with Gasteiger partial charge in [-0.1, -0.05) is 63.3 Å². The molecule has 0 spiro atoms. The summed E-state index contributed by atoms with van der Waals surface area (Å²) >= 11 is 0. The largest absolute Gasteiger partial charge is 0.342 e. The Hall–Kier alpha value is -1.09. The summed E-state index contributed by atoms with van der Waals surface area (Å²) in [6.45, 7) is 4.45. The third-order valence-corrected chi connectivity index (χ3v) is 3.60. The van der Waals surface area contributed by atoms with E-state index in [9.17, 15) is 4.79 Å². The van der Waals surface area contributed by atoms with Crippen molar-refractivity contribution in [1.29, 1.82) is 0 Å². The molecule has 0 radical (unpaired) electrons. The number of hydrogen-bond acceptors (Lipinski definition) is 3. The lowest BCUT2D eigenvalue weighted by Crippen LogP contribution is -2.04. The molecule has 0 fully saturated rings. The topological polar surface area (TPSA) is 35.5 Å². The highest BCUT2D eigenvalue weighted by atomic mass is 17.2. The standard InChI is InChI=1S/C20H36O3/c1-3-5-6-7-8-9-10-11-12-13-14-15-16-17-18-19-20(21)23-22-4-2/h8-9,11-12H,3-7,10,13-19H2,1-2H3/b9-8-,12-11-. The Morgan fingerprint density at radius 3 is 2.04 bits per heavy atom. The molecule has 0 amide bonds. The molecule has 0 bridgehead atoms. The molecule has 0 N–H and O–H groups in total. The summed E-state index contributed by atoms with van der Waals surface area (Å²) in [5.74, 6) is -0.252. The number of unbranched alkanes of at least 4 members (excludes halogenated alkanes) is 8. The summed E-state index contributed by atoms with van der Waals surface area (Å²) in [4.78, 5) is 20.3. The fourth-order valence-electron chi connectivity index (χ4n) is 2.25. The first-order valence-electron chi connectivity index (χ1n) is 9.43. The van der Waals surface area contributed by atoms with Crippen LogP contribution < -0.4 is 0 Å². The molecule has 0 rings (SSSR count). The summed E-state index contributed by atoms with van der Waals surface area (Å²) in [6, 6.07) is 0. The van der Waals surface area contributed by atoms with Crippen LogP contribution in [-0.2, 0) is 14.6 Å². The van der Waals surface area contributed by atoms with Crippen molar-refractivity contribution >= 4 is 5.97 Å². The molecule has 23 heavy (non-hydrogen) atoms. The second kappa shape index (κ2) is 19.0. The molecule has 0 saturated carbocycles. The Morgan fingerprint density at radius 1 is 0.783 bits per heavy atom. The van der Waals surface area contributed by atoms with Crippen molar-refractivity contribution in [1.82, 2.24) is 0 Å². The van der Waals surface area contributed by atoms with Gasteiger partial charge in [-0.25, -0.2) is 4.79 Å². The Bertz CT molecular complexity index is 308. The van der Waals surface area contributed by atoms with Crippen LogP contribution in [0.3, 0.4) is 0 Å². The maximum Gasteiger partial charge on any atom is 0.342 e. The van der Waals surface area contributed by atoms with Crippen LogP contribution >= 0.6 is 0 Å². The summed E-state index contributed by atoms with van der Waals surface area (Å²) in [5.41, 5.74) is 0. The smallest absolute Gasteiger partial charge is 0.298 e. The lowest BCUT2D eigenvalue weighted by molar-refractivity contribution is -0.269. The van der Waals surface area contributed by atoms with Crippen molar-refractivity contribution in [3.8, 4) is 0 Å². The average Bonchev–Trinajstić information content (AvgIpc) is 2.56. The monoisotopic (exact) mass is 324 g/mol. The molecule has 0 aliphatic rings. The van der Waals surface area contributed by atoms with Crippen molar-refractivity contribution in [2.45, 2.75) is 90.9 Å². The highest BCUT2D eigenvalue weighted by molar-refractivity contribution is 5.68. The predicted octanol–water partition coefficient (Wildman–Crippen LogP) is 6.29. The van der Waals surface area contributed by atoms with Crippen LogP contribution in [0.25, 0.3) is 0 Å². The van der Waals surface area contributed by atoms with E-state index in [1.165, 1.54) is 44.9 Å². The van der Waals surface area contributed by atoms with Crippen molar-refractivity contribution < 1.29 is 14.6 Å². The van der Waals surface area contributed by atoms with E-state index in [1.807, 2.05) is 0 Å². The number of rotatable bonds is 16. The minimum Gasteiger partial charge on any atom is -0.298 e. The van der Waals surface area contributed by atoms with Crippen LogP contribution in [0.15, 0.2) is 24.3 Å². The van der Waals surface area contributed by atoms with Gasteiger partial charge in [0.15, 0.2) is 0 Å². The van der Waals surface area contributed by atoms with Gasteiger partial charge in [0, 0.05) is 6.42 Å². The van der Waals surface area contributed by atoms with E-state index in [2.05, 4.69) is 41.0 Å². The SMILES string of the molecule is CCCCC/C=C\C/C=C\CCCCCCCC(=O)OOCC. The Morgan fingerprint density at radius 2 is 1.39 bits per heavy atom. The second-order valence-electron chi connectivity index (χ2n) is 5.84. The minimum atomic E-state index is -0.252. The fraction of sp³-hybridized carbons (Fsp3) is 0.750. The van der Waals surface area contributed by atoms with Gasteiger partial charge in [-0.15, -0.1) is 0 Å². The van der Waals surface area contributed by atoms with Crippen molar-refractivity contribution in [2.75, 3.05) is 6.61 Å². The molecule has 0 atom stereocenters. The zero-order chi connectivity index (χ0) is 17.0. The molecule has 0 aromatic rings. The van der Waals surface area contributed by atoms with E-state index in [-0.39, 0.29) is 5.97 Å². The van der Waals surface area contributed by atoms with Crippen molar-refractivity contribution in [3.05, 3.63) is 24.3 Å². The normalized spacial score (nSPS) is 11.6. The number of carbonyl (C=O) groups excluding carboxylic acids is 1. The lowest BCUT2D eigenvalue weighted by atomic mass is 10.1. The quantitative estimate of drug-likeness (QED) is 0.145. The van der Waals surface area contributed by atoms with Gasteiger partial charge in [0.1, 0.15) is 0 Å². The Labute approximate surface area is 143 Å². The maximum absolute atomic E-state index is 11.2. The highest BCUT2D eigenvalue weighted by Gasteiger charge is 2.02. The summed E-state index contributed by atoms with van der Waals surface area (Å²) in [5, 5.41) is 0. The summed E-state index contributed by atoms with van der Waals surface area (Å²) in [7, 11) is 0. The molecule has 0 aromatic heterocycles. The van der Waals surface area contributed by atoms with Crippen LogP contribution in [0.4, 0.5) is 0 Å². The van der Waals surface area contributed by atoms with Crippen LogP contribution in [0, 0.1) is 0 Å². The van der Waals surface area contributed by atoms with Gasteiger partial charge in [-0.05, 0) is 45.4 Å². The minimum absolute atomic E-state index is 0.252. The first kappa shape index (κ1) is 21.9. The third-order valence-electron chi connectivity index (χ3n) is 3.60. The first-order valence-corrected chi connectivity index (χ1v) is 9.43. The van der Waals surface area contributed by atoms with Gasteiger partial charge in [0.05, 0.1) is 6.61 Å². The third kappa shape index (κ3) is 18.9. The van der Waals surface area contributed by atoms with Gasteiger partial charge in [0.25, 0.3) is 0 Å². The molecule has 0 saturated heterocycles. The lowest BCUT2D eigenvalue weighted by Gasteiger charge is -2.01. The zero-order valence-electron chi connectivity index (χ0n) is 15.2. The molecule has 0 aliphatic carbocycles. The molecule has 3 nitrogen and oxygen atoms in total. The fourth-order valence-corrected chi connectivity index (χ4v) is 2.25. The molecular formula is C20H36O3. The van der Waals surface area contributed by atoms with Gasteiger partial charge < -0.3 is 0 Å². The molecule has 0 heterocycles. The van der Waals surface area contributed by atoms with E-state index < -0.39 is 0 Å². The highest BCUT2D eigenvalue weighted by Crippen LogP contribution is 2.08. The van der Waals surface area contributed by atoms with Crippen LogP contribution in [0.5, 0.6) is 0 Å². The first-order chi connectivity index (χ1) is 11.3. The second-order valence-corrected chi connectivity index (χ2v) is 5.84. The van der Waals surface area contributed by atoms with Gasteiger partial charge in [-0.3, -0.25) is 4.89 Å². The molecule has 134 valence electrons. The van der Waals surface area contributed by atoms with Gasteiger partial charge in [0.2, 0.25) is 0 Å². The van der Waals surface area contributed by atoms with E-state index in [0.29, 0.717) is 13.0 Å². The zero-order valence-corrected chi connectivity index (χ0v) is 15.2. The molecular weight excluding hydrogens is 288 g/mol. The van der Waals surface area contributed by atoms with Gasteiger partial charge in [-0.2, -0.15) is 4.89 Å². The van der Waals surface area contributed by atoms with E-state index in [1.54, 1.807) is 6.92 Å². The average molecular weight is 325 g/mol. The van der Waals surface area contributed by atoms with Crippen molar-refractivity contribution in [2.24, 2.45) is 0 Å². The Balaban J connectivity index is 3.23.